The Labute approximate surface area is 159 Å². The molecule has 0 saturated carbocycles. The molecule has 1 amide bonds. The highest BCUT2D eigenvalue weighted by atomic mass is 19.4. The SMILES string of the molecule is COc1ccccc1CC(=O)N1CCC(n2nc(C(F)(F)F)n(C)c2=O)CC1. The maximum Gasteiger partial charge on any atom is 0.451 e. The van der Waals surface area contributed by atoms with Crippen molar-refractivity contribution < 1.29 is 22.7 Å². The molecule has 0 bridgehead atoms. The topological polar surface area (TPSA) is 69.4 Å². The van der Waals surface area contributed by atoms with Gasteiger partial charge in [0.15, 0.2) is 0 Å². The molecule has 7 nitrogen and oxygen atoms in total. The Bertz CT molecular complexity index is 912. The summed E-state index contributed by atoms with van der Waals surface area (Å²) in [4.78, 5) is 26.4. The second-order valence-corrected chi connectivity index (χ2v) is 6.71. The number of para-hydroxylation sites is 1. The number of nitrogens with zero attached hydrogens (tertiary/aromatic N) is 4. The lowest BCUT2D eigenvalue weighted by molar-refractivity contribution is -0.147. The molecule has 0 atom stereocenters. The average molecular weight is 398 g/mol. The fourth-order valence-electron chi connectivity index (χ4n) is 3.42. The van der Waals surface area contributed by atoms with E-state index < -0.39 is 23.7 Å². The number of amides is 1. The van der Waals surface area contributed by atoms with Crippen LogP contribution in [-0.2, 0) is 24.4 Å². The molecule has 0 spiro atoms. The van der Waals surface area contributed by atoms with Gasteiger partial charge in [0.25, 0.3) is 0 Å². The Morgan fingerprint density at radius 1 is 1.25 bits per heavy atom. The van der Waals surface area contributed by atoms with Crippen LogP contribution in [0.3, 0.4) is 0 Å². The third-order valence-corrected chi connectivity index (χ3v) is 4.95. The quantitative estimate of drug-likeness (QED) is 0.790. The monoisotopic (exact) mass is 398 g/mol. The molecule has 1 aromatic carbocycles. The third-order valence-electron chi connectivity index (χ3n) is 4.95. The van der Waals surface area contributed by atoms with Crippen LogP contribution in [0.5, 0.6) is 5.75 Å². The van der Waals surface area contributed by atoms with Gasteiger partial charge in [0.05, 0.1) is 19.6 Å². The first-order valence-corrected chi connectivity index (χ1v) is 8.84. The van der Waals surface area contributed by atoms with Crippen LogP contribution in [0.4, 0.5) is 13.2 Å². The molecule has 0 radical (unpaired) electrons. The van der Waals surface area contributed by atoms with Crippen LogP contribution in [0.15, 0.2) is 29.1 Å². The van der Waals surface area contributed by atoms with Crippen LogP contribution in [0, 0.1) is 0 Å². The van der Waals surface area contributed by atoms with Crippen molar-refractivity contribution in [1.29, 1.82) is 0 Å². The predicted octanol–water partition coefficient (Wildman–Crippen LogP) is 2.02. The lowest BCUT2D eigenvalue weighted by atomic mass is 10.0. The summed E-state index contributed by atoms with van der Waals surface area (Å²) in [7, 11) is 2.59. The number of ether oxygens (including phenoxy) is 1. The van der Waals surface area contributed by atoms with Gasteiger partial charge in [-0.05, 0) is 18.9 Å². The molecule has 3 rings (SSSR count). The normalized spacial score (nSPS) is 15.7. The molecule has 10 heteroatoms. The van der Waals surface area contributed by atoms with Gasteiger partial charge in [-0.2, -0.15) is 13.2 Å². The van der Waals surface area contributed by atoms with Crippen molar-refractivity contribution in [3.8, 4) is 5.75 Å². The lowest BCUT2D eigenvalue weighted by Gasteiger charge is -2.31. The number of aromatic nitrogens is 3. The van der Waals surface area contributed by atoms with E-state index in [1.54, 1.807) is 11.0 Å². The molecule has 1 saturated heterocycles. The molecular weight excluding hydrogens is 377 g/mol. The Morgan fingerprint density at radius 2 is 1.89 bits per heavy atom. The summed E-state index contributed by atoms with van der Waals surface area (Å²) in [5.41, 5.74) is -0.0287. The van der Waals surface area contributed by atoms with Crippen LogP contribution in [0.25, 0.3) is 0 Å². The van der Waals surface area contributed by atoms with Crippen molar-refractivity contribution >= 4 is 5.91 Å². The minimum Gasteiger partial charge on any atom is -0.496 e. The maximum absolute atomic E-state index is 12.9. The number of methoxy groups -OCH3 is 1. The van der Waals surface area contributed by atoms with Crippen molar-refractivity contribution in [2.75, 3.05) is 20.2 Å². The van der Waals surface area contributed by atoms with Gasteiger partial charge in [0.1, 0.15) is 5.75 Å². The van der Waals surface area contributed by atoms with Crippen molar-refractivity contribution in [1.82, 2.24) is 19.2 Å². The fraction of sp³-hybridized carbons (Fsp3) is 0.500. The van der Waals surface area contributed by atoms with Crippen LogP contribution in [-0.4, -0.2) is 45.4 Å². The van der Waals surface area contributed by atoms with Crippen LogP contribution in [0.1, 0.15) is 30.3 Å². The molecule has 1 aromatic heterocycles. The number of piperidine rings is 1. The van der Waals surface area contributed by atoms with Crippen molar-refractivity contribution in [3.63, 3.8) is 0 Å². The summed E-state index contributed by atoms with van der Waals surface area (Å²) in [6.45, 7) is 0.700. The number of carbonyl (C=O) groups excluding carboxylic acids is 1. The summed E-state index contributed by atoms with van der Waals surface area (Å²) in [6.07, 6.45) is -3.78. The number of rotatable bonds is 4. The first-order valence-electron chi connectivity index (χ1n) is 8.84. The first kappa shape index (κ1) is 20.0. The zero-order valence-corrected chi connectivity index (χ0v) is 15.6. The van der Waals surface area contributed by atoms with Gasteiger partial charge >= 0.3 is 11.9 Å². The van der Waals surface area contributed by atoms with Crippen LogP contribution in [0.2, 0.25) is 0 Å². The highest BCUT2D eigenvalue weighted by Crippen LogP contribution is 2.28. The van der Waals surface area contributed by atoms with Gasteiger partial charge < -0.3 is 9.64 Å². The number of hydrogen-bond donors (Lipinski definition) is 0. The average Bonchev–Trinajstić information content (AvgIpc) is 2.97. The minimum atomic E-state index is -4.69. The standard InChI is InChI=1S/C18H21F3N4O3/c1-23-16(18(19,20)21)22-25(17(23)27)13-7-9-24(10-8-13)15(26)11-12-5-3-4-6-14(12)28-2/h3-6,13H,7-11H2,1-2H3. The van der Waals surface area contributed by atoms with Crippen LogP contribution < -0.4 is 10.4 Å². The van der Waals surface area contributed by atoms with E-state index in [0.29, 0.717) is 36.2 Å². The number of halogens is 3. The van der Waals surface area contributed by atoms with Gasteiger partial charge in [-0.15, -0.1) is 5.10 Å². The Kier molecular flexibility index (Phi) is 5.48. The largest absolute Gasteiger partial charge is 0.496 e. The van der Waals surface area contributed by atoms with Gasteiger partial charge in [-0.1, -0.05) is 18.2 Å². The second-order valence-electron chi connectivity index (χ2n) is 6.71. The molecule has 1 aliphatic rings. The number of carbonyl (C=O) groups is 1. The number of hydrogen-bond acceptors (Lipinski definition) is 4. The summed E-state index contributed by atoms with van der Waals surface area (Å²) >= 11 is 0. The zero-order chi connectivity index (χ0) is 20.5. The molecule has 28 heavy (non-hydrogen) atoms. The Hall–Kier alpha value is -2.78. The highest BCUT2D eigenvalue weighted by molar-refractivity contribution is 5.79. The summed E-state index contributed by atoms with van der Waals surface area (Å²) in [5, 5.41) is 3.49. The molecule has 2 heterocycles. The molecule has 1 fully saturated rings. The van der Waals surface area contributed by atoms with E-state index in [4.69, 9.17) is 4.74 Å². The lowest BCUT2D eigenvalue weighted by Crippen LogP contribution is -2.41. The molecule has 0 N–H and O–H groups in total. The molecule has 2 aromatic rings. The number of benzene rings is 1. The van der Waals surface area contributed by atoms with Gasteiger partial charge in [-0.3, -0.25) is 9.36 Å². The third kappa shape index (κ3) is 3.90. The molecule has 0 aliphatic carbocycles. The number of alkyl halides is 3. The molecular formula is C18H21F3N4O3. The molecule has 1 aliphatic heterocycles. The van der Waals surface area contributed by atoms with Crippen molar-refractivity contribution in [2.24, 2.45) is 7.05 Å². The zero-order valence-electron chi connectivity index (χ0n) is 15.6. The van der Waals surface area contributed by atoms with Crippen LogP contribution >= 0.6 is 0 Å². The first-order chi connectivity index (χ1) is 13.2. The van der Waals surface area contributed by atoms with E-state index in [1.807, 2.05) is 18.2 Å². The van der Waals surface area contributed by atoms with E-state index in [0.717, 1.165) is 17.3 Å². The minimum absolute atomic E-state index is 0.0905. The Morgan fingerprint density at radius 3 is 2.46 bits per heavy atom. The highest BCUT2D eigenvalue weighted by Gasteiger charge is 2.39. The molecule has 0 unspecified atom stereocenters. The summed E-state index contributed by atoms with van der Waals surface area (Å²) in [5.74, 6) is -0.676. The van der Waals surface area contributed by atoms with E-state index >= 15 is 0 Å². The van der Waals surface area contributed by atoms with Crippen molar-refractivity contribution in [3.05, 3.63) is 46.1 Å². The van der Waals surface area contributed by atoms with Gasteiger partial charge in [-0.25, -0.2) is 9.48 Å². The smallest absolute Gasteiger partial charge is 0.451 e. The van der Waals surface area contributed by atoms with Gasteiger partial charge in [0.2, 0.25) is 11.7 Å². The van der Waals surface area contributed by atoms with E-state index in [9.17, 15) is 22.8 Å². The Balaban J connectivity index is 1.66. The number of likely N-dealkylation sites (tertiary alicyclic amines) is 1. The summed E-state index contributed by atoms with van der Waals surface area (Å²) in [6, 6.07) is 6.77. The van der Waals surface area contributed by atoms with E-state index in [-0.39, 0.29) is 12.3 Å². The molecule has 152 valence electrons. The van der Waals surface area contributed by atoms with E-state index in [1.165, 1.54) is 7.11 Å². The fourth-order valence-corrected chi connectivity index (χ4v) is 3.42. The summed E-state index contributed by atoms with van der Waals surface area (Å²) < 4.78 is 45.5. The van der Waals surface area contributed by atoms with Gasteiger partial charge in [0, 0.05) is 25.7 Å². The van der Waals surface area contributed by atoms with Crippen molar-refractivity contribution in [2.45, 2.75) is 31.5 Å². The van der Waals surface area contributed by atoms with E-state index in [2.05, 4.69) is 5.10 Å². The maximum atomic E-state index is 12.9. The predicted molar refractivity (Wildman–Crippen MR) is 94.0 cm³/mol. The second kappa shape index (κ2) is 7.69.